The van der Waals surface area contributed by atoms with Gasteiger partial charge in [-0.3, -0.25) is 0 Å². The van der Waals surface area contributed by atoms with Crippen LogP contribution in [-0.2, 0) is 16.6 Å². The van der Waals surface area contributed by atoms with E-state index in [1.165, 1.54) is 0 Å². The fourth-order valence-corrected chi connectivity index (χ4v) is 4.25. The van der Waals surface area contributed by atoms with Crippen molar-refractivity contribution in [3.05, 3.63) is 50.7 Å². The Morgan fingerprint density at radius 3 is 2.63 bits per heavy atom. The van der Waals surface area contributed by atoms with Gasteiger partial charge in [-0.15, -0.1) is 0 Å². The van der Waals surface area contributed by atoms with E-state index in [0.717, 1.165) is 15.6 Å². The fourth-order valence-electron chi connectivity index (χ4n) is 1.56. The normalized spacial score (nSPS) is 11.7. The van der Waals surface area contributed by atoms with Gasteiger partial charge in [-0.2, -0.15) is 0 Å². The van der Waals surface area contributed by atoms with E-state index in [-0.39, 0.29) is 11.4 Å². The first-order valence-corrected chi connectivity index (χ1v) is 8.54. The highest BCUT2D eigenvalue weighted by Gasteiger charge is 2.18. The van der Waals surface area contributed by atoms with E-state index in [9.17, 15) is 8.42 Å². The Morgan fingerprint density at radius 1 is 1.26 bits per heavy atom. The van der Waals surface area contributed by atoms with Crippen LogP contribution in [0.4, 0.5) is 0 Å². The largest absolute Gasteiger partial charge is 0.367 e. The molecule has 1 heterocycles. The van der Waals surface area contributed by atoms with Crippen LogP contribution in [0.15, 0.2) is 44.4 Å². The third-order valence-electron chi connectivity index (χ3n) is 2.63. The molecule has 0 bridgehead atoms. The predicted molar refractivity (Wildman–Crippen MR) is 81.4 cm³/mol. The molecule has 1 aromatic heterocycles. The van der Waals surface area contributed by atoms with Crippen molar-refractivity contribution in [3.63, 3.8) is 0 Å². The lowest BCUT2D eigenvalue weighted by Gasteiger charge is -2.10. The number of aromatic nitrogens is 1. The third-order valence-corrected chi connectivity index (χ3v) is 5.85. The number of benzene rings is 1. The Hall–Kier alpha value is -0.630. The topological polar surface area (TPSA) is 62.0 Å². The summed E-state index contributed by atoms with van der Waals surface area (Å²) in [7, 11) is -3.55. The van der Waals surface area contributed by atoms with E-state index in [1.54, 1.807) is 24.5 Å². The number of sulfonamides is 1. The zero-order valence-electron chi connectivity index (χ0n) is 10.1. The lowest BCUT2D eigenvalue weighted by atomic mass is 10.2. The molecule has 0 aliphatic rings. The highest BCUT2D eigenvalue weighted by Crippen LogP contribution is 2.28. The first kappa shape index (κ1) is 14.8. The molecule has 0 saturated carbocycles. The summed E-state index contributed by atoms with van der Waals surface area (Å²) < 4.78 is 28.4. The summed E-state index contributed by atoms with van der Waals surface area (Å²) >= 11 is 6.63. The van der Waals surface area contributed by atoms with Gasteiger partial charge < -0.3 is 4.98 Å². The fraction of sp³-hybridized carbons (Fsp3) is 0.167. The van der Waals surface area contributed by atoms with Crippen LogP contribution >= 0.6 is 31.9 Å². The van der Waals surface area contributed by atoms with Gasteiger partial charge in [-0.25, -0.2) is 13.1 Å². The average molecular weight is 408 g/mol. The maximum absolute atomic E-state index is 12.2. The molecule has 4 nitrogen and oxygen atoms in total. The average Bonchev–Trinajstić information content (AvgIpc) is 2.84. The summed E-state index contributed by atoms with van der Waals surface area (Å²) in [5, 5.41) is 0. The molecule has 0 aliphatic carbocycles. The van der Waals surface area contributed by atoms with E-state index in [2.05, 4.69) is 41.6 Å². The number of rotatable bonds is 4. The Labute approximate surface area is 128 Å². The number of aryl methyl sites for hydroxylation is 1. The molecule has 0 amide bonds. The minimum atomic E-state index is -3.55. The zero-order valence-corrected chi connectivity index (χ0v) is 14.1. The number of aromatic amines is 1. The molecule has 2 rings (SSSR count). The number of H-pyrrole nitrogens is 1. The minimum absolute atomic E-state index is 0.223. The van der Waals surface area contributed by atoms with Crippen LogP contribution in [0.3, 0.4) is 0 Å². The quantitative estimate of drug-likeness (QED) is 0.816. The van der Waals surface area contributed by atoms with Crippen LogP contribution in [0.1, 0.15) is 11.1 Å². The summed E-state index contributed by atoms with van der Waals surface area (Å²) in [4.78, 5) is 3.10. The Morgan fingerprint density at radius 2 is 2.00 bits per heavy atom. The first-order chi connectivity index (χ1) is 8.90. The summed E-state index contributed by atoms with van der Waals surface area (Å²) in [6.45, 7) is 2.16. The van der Waals surface area contributed by atoms with Gasteiger partial charge in [0.15, 0.2) is 0 Å². The predicted octanol–water partition coefficient (Wildman–Crippen LogP) is 3.33. The highest BCUT2D eigenvalue weighted by atomic mass is 79.9. The van der Waals surface area contributed by atoms with Crippen molar-refractivity contribution in [1.82, 2.24) is 9.71 Å². The zero-order chi connectivity index (χ0) is 14.0. The maximum Gasteiger partial charge on any atom is 0.242 e. The van der Waals surface area contributed by atoms with Crippen LogP contribution in [0.2, 0.25) is 0 Å². The van der Waals surface area contributed by atoms with Crippen molar-refractivity contribution < 1.29 is 8.42 Å². The Bertz CT molecular complexity index is 682. The van der Waals surface area contributed by atoms with Crippen LogP contribution in [0.5, 0.6) is 0 Å². The van der Waals surface area contributed by atoms with Gasteiger partial charge in [0.1, 0.15) is 0 Å². The van der Waals surface area contributed by atoms with Crippen molar-refractivity contribution in [3.8, 4) is 0 Å². The number of nitrogens with one attached hydrogen (secondary N) is 2. The standard InChI is InChI=1S/C12H12Br2N2O2S/c1-8-4-11(14)12(5-10(8)13)19(17,18)16-7-9-2-3-15-6-9/h2-6,15-16H,7H2,1H3. The Balaban J connectivity index is 2.27. The summed E-state index contributed by atoms with van der Waals surface area (Å²) in [6.07, 6.45) is 3.50. The van der Waals surface area contributed by atoms with Crippen LogP contribution in [0.25, 0.3) is 0 Å². The van der Waals surface area contributed by atoms with Gasteiger partial charge in [-0.05, 0) is 52.2 Å². The monoisotopic (exact) mass is 406 g/mol. The molecule has 0 atom stereocenters. The molecule has 1 aromatic carbocycles. The van der Waals surface area contributed by atoms with Gasteiger partial charge in [0.25, 0.3) is 0 Å². The third kappa shape index (κ3) is 3.47. The van der Waals surface area contributed by atoms with E-state index in [0.29, 0.717) is 4.47 Å². The van der Waals surface area contributed by atoms with E-state index in [1.807, 2.05) is 13.0 Å². The van der Waals surface area contributed by atoms with Crippen molar-refractivity contribution in [1.29, 1.82) is 0 Å². The van der Waals surface area contributed by atoms with Gasteiger partial charge in [0.05, 0.1) is 4.90 Å². The number of hydrogen-bond acceptors (Lipinski definition) is 2. The molecule has 2 aromatic rings. The number of halogens is 2. The molecule has 0 aliphatic heterocycles. The number of hydrogen-bond donors (Lipinski definition) is 2. The maximum atomic E-state index is 12.2. The van der Waals surface area contributed by atoms with E-state index >= 15 is 0 Å². The van der Waals surface area contributed by atoms with Crippen molar-refractivity contribution in [2.75, 3.05) is 0 Å². The van der Waals surface area contributed by atoms with Gasteiger partial charge in [0.2, 0.25) is 10.0 Å². The lowest BCUT2D eigenvalue weighted by molar-refractivity contribution is 0.581. The lowest BCUT2D eigenvalue weighted by Crippen LogP contribution is -2.23. The SMILES string of the molecule is Cc1cc(Br)c(S(=O)(=O)NCc2cc[nH]c2)cc1Br. The van der Waals surface area contributed by atoms with E-state index < -0.39 is 10.0 Å². The smallest absolute Gasteiger partial charge is 0.242 e. The van der Waals surface area contributed by atoms with Gasteiger partial charge >= 0.3 is 0 Å². The summed E-state index contributed by atoms with van der Waals surface area (Å²) in [6, 6.07) is 5.19. The molecule has 0 unspecified atom stereocenters. The molecule has 7 heteroatoms. The summed E-state index contributed by atoms with van der Waals surface area (Å²) in [5.74, 6) is 0. The van der Waals surface area contributed by atoms with E-state index in [4.69, 9.17) is 0 Å². The molecule has 0 fully saturated rings. The van der Waals surface area contributed by atoms with Crippen LogP contribution in [-0.4, -0.2) is 13.4 Å². The van der Waals surface area contributed by atoms with Crippen molar-refractivity contribution >= 4 is 41.9 Å². The molecule has 0 radical (unpaired) electrons. The van der Waals surface area contributed by atoms with Crippen LogP contribution < -0.4 is 4.72 Å². The summed E-state index contributed by atoms with van der Waals surface area (Å²) in [5.41, 5.74) is 1.85. The van der Waals surface area contributed by atoms with Gasteiger partial charge in [-0.1, -0.05) is 15.9 Å². The second-order valence-corrected chi connectivity index (χ2v) is 7.52. The molecule has 0 spiro atoms. The molecule has 2 N–H and O–H groups in total. The second kappa shape index (κ2) is 5.78. The van der Waals surface area contributed by atoms with Crippen LogP contribution in [0, 0.1) is 6.92 Å². The molecule has 19 heavy (non-hydrogen) atoms. The highest BCUT2D eigenvalue weighted by molar-refractivity contribution is 9.11. The molecule has 102 valence electrons. The molecule has 0 saturated heterocycles. The first-order valence-electron chi connectivity index (χ1n) is 5.47. The minimum Gasteiger partial charge on any atom is -0.367 e. The molecular weight excluding hydrogens is 396 g/mol. The van der Waals surface area contributed by atoms with Gasteiger partial charge in [0, 0.05) is 27.9 Å². The second-order valence-electron chi connectivity index (χ2n) is 4.08. The van der Waals surface area contributed by atoms with Crippen molar-refractivity contribution in [2.45, 2.75) is 18.4 Å². The Kier molecular flexibility index (Phi) is 4.50. The molecular formula is C12H12Br2N2O2S. The van der Waals surface area contributed by atoms with Crippen molar-refractivity contribution in [2.24, 2.45) is 0 Å².